The Morgan fingerprint density at radius 3 is 2.41 bits per heavy atom. The van der Waals surface area contributed by atoms with Crippen LogP contribution >= 0.6 is 0 Å². The van der Waals surface area contributed by atoms with Crippen LogP contribution in [0.1, 0.15) is 112 Å². The molecule has 0 aromatic rings. The summed E-state index contributed by atoms with van der Waals surface area (Å²) in [4.78, 5) is 0. The molecule has 0 unspecified atom stereocenters. The first-order chi connectivity index (χ1) is 19.4. The van der Waals surface area contributed by atoms with Crippen LogP contribution in [0.5, 0.6) is 0 Å². The monoisotopic (exact) mass is 576 g/mol. The molecule has 0 bridgehead atoms. The molecule has 4 N–H and O–H groups in total. The molecule has 236 valence electrons. The summed E-state index contributed by atoms with van der Waals surface area (Å²) in [6.45, 7) is 14.4. The molecule has 0 aromatic heterocycles. The molecule has 5 aliphatic rings. The minimum atomic E-state index is -1.40. The Morgan fingerprint density at radius 1 is 0.976 bits per heavy atom. The van der Waals surface area contributed by atoms with Gasteiger partial charge in [-0.15, -0.1) is 0 Å². The number of hydrogen-bond donors (Lipinski definition) is 4. The third-order valence-electron chi connectivity index (χ3n) is 13.4. The average molecular weight is 577 g/mol. The van der Waals surface area contributed by atoms with Crippen molar-refractivity contribution in [2.24, 2.45) is 52.3 Å². The van der Waals surface area contributed by atoms with Crippen molar-refractivity contribution in [3.8, 4) is 0 Å². The van der Waals surface area contributed by atoms with Crippen molar-refractivity contribution in [1.29, 1.82) is 0 Å². The quantitative estimate of drug-likeness (QED) is 0.257. The fourth-order valence-electron chi connectivity index (χ4n) is 10.8. The number of rotatable bonds is 9. The highest BCUT2D eigenvalue weighted by Crippen LogP contribution is 2.68. The number of fused-ring (bicyclic) bond motifs is 5. The zero-order chi connectivity index (χ0) is 29.7. The Bertz CT molecular complexity index is 918. The van der Waals surface area contributed by atoms with Crippen molar-refractivity contribution in [3.05, 3.63) is 11.6 Å². The molecule has 4 aliphatic carbocycles. The molecule has 1 saturated heterocycles. The van der Waals surface area contributed by atoms with Crippen LogP contribution in [0.2, 0.25) is 0 Å². The molecule has 4 fully saturated rings. The topological polar surface area (TPSA) is 99.4 Å². The number of aliphatic hydroxyl groups is 4. The van der Waals surface area contributed by atoms with Gasteiger partial charge in [0.25, 0.3) is 0 Å². The van der Waals surface area contributed by atoms with E-state index in [1.54, 1.807) is 0 Å². The fraction of sp³-hybridized carbons (Fsp3) is 0.943. The summed E-state index contributed by atoms with van der Waals surface area (Å²) in [5.74, 6) is 5.79. The van der Waals surface area contributed by atoms with E-state index in [0.29, 0.717) is 11.3 Å². The Hall–Kier alpha value is -0.500. The lowest BCUT2D eigenvalue weighted by Crippen LogP contribution is -2.60. The van der Waals surface area contributed by atoms with Crippen molar-refractivity contribution >= 4 is 0 Å². The van der Waals surface area contributed by atoms with E-state index >= 15 is 0 Å². The molecule has 6 nitrogen and oxygen atoms in total. The summed E-state index contributed by atoms with van der Waals surface area (Å²) < 4.78 is 11.9. The van der Waals surface area contributed by atoms with Gasteiger partial charge >= 0.3 is 0 Å². The number of allylic oxidation sites excluding steroid dienone is 1. The smallest absolute Gasteiger partial charge is 0.186 e. The zero-order valence-electron chi connectivity index (χ0n) is 26.7. The minimum Gasteiger partial charge on any atom is -0.394 e. The number of aliphatic hydroxyl groups excluding tert-OH is 4. The summed E-state index contributed by atoms with van der Waals surface area (Å²) >= 11 is 0. The highest BCUT2D eigenvalue weighted by molar-refractivity contribution is 5.27. The van der Waals surface area contributed by atoms with Crippen LogP contribution in [0.15, 0.2) is 11.6 Å². The molecular formula is C35H60O6. The van der Waals surface area contributed by atoms with Gasteiger partial charge in [-0.05, 0) is 110 Å². The van der Waals surface area contributed by atoms with Crippen LogP contribution in [0.4, 0.5) is 0 Å². The molecule has 0 amide bonds. The highest BCUT2D eigenvalue weighted by atomic mass is 16.7. The molecule has 3 saturated carbocycles. The lowest BCUT2D eigenvalue weighted by atomic mass is 9.44. The van der Waals surface area contributed by atoms with Gasteiger partial charge in [0.05, 0.1) is 12.7 Å². The van der Waals surface area contributed by atoms with Gasteiger partial charge in [0.15, 0.2) is 6.29 Å². The second kappa shape index (κ2) is 12.5. The van der Waals surface area contributed by atoms with Crippen LogP contribution in [0, 0.1) is 52.3 Å². The molecule has 0 aromatic carbocycles. The Labute approximate surface area is 249 Å². The minimum absolute atomic E-state index is 0.106. The molecule has 0 radical (unpaired) electrons. The maximum Gasteiger partial charge on any atom is 0.186 e. The van der Waals surface area contributed by atoms with Gasteiger partial charge in [0, 0.05) is 0 Å². The first-order valence-electron chi connectivity index (χ1n) is 17.1. The standard InChI is InChI=1S/C35H60O6/c1-7-22(20(2)3)9-8-21(4)25-10-12-27-26(25)11-13-29-34(5)17-15-24(18-23(34)14-16-35(27,29)6)40-33-32(39)31(38)30(37)28(19-36)41-33/h14,20-22,24-33,36-39H,7-13,15-19H2,1-6H3/t21-,22-,24+,25-,26-,27-,28-,29-,30-,31+,32-,33-,34+,35+/m1/s1. The lowest BCUT2D eigenvalue weighted by molar-refractivity contribution is -0.313. The van der Waals surface area contributed by atoms with Gasteiger partial charge in [-0.3, -0.25) is 0 Å². The van der Waals surface area contributed by atoms with Crippen LogP contribution < -0.4 is 0 Å². The van der Waals surface area contributed by atoms with E-state index in [9.17, 15) is 20.4 Å². The summed E-state index contributed by atoms with van der Waals surface area (Å²) in [5, 5.41) is 40.4. The van der Waals surface area contributed by atoms with Crippen LogP contribution in [0.3, 0.4) is 0 Å². The molecule has 6 heteroatoms. The maximum atomic E-state index is 10.5. The van der Waals surface area contributed by atoms with Crippen LogP contribution in [-0.4, -0.2) is 63.8 Å². The zero-order valence-corrected chi connectivity index (χ0v) is 26.7. The third-order valence-corrected chi connectivity index (χ3v) is 13.4. The van der Waals surface area contributed by atoms with E-state index in [4.69, 9.17) is 9.47 Å². The van der Waals surface area contributed by atoms with Gasteiger partial charge in [0.2, 0.25) is 0 Å². The highest BCUT2D eigenvalue weighted by Gasteiger charge is 2.60. The van der Waals surface area contributed by atoms with Gasteiger partial charge in [-0.2, -0.15) is 0 Å². The average Bonchev–Trinajstić information content (AvgIpc) is 3.39. The summed E-state index contributed by atoms with van der Waals surface area (Å²) in [6.07, 6.45) is 9.91. The number of hydrogen-bond acceptors (Lipinski definition) is 6. The van der Waals surface area contributed by atoms with Crippen molar-refractivity contribution in [1.82, 2.24) is 0 Å². The van der Waals surface area contributed by atoms with Gasteiger partial charge in [0.1, 0.15) is 24.4 Å². The first-order valence-corrected chi connectivity index (χ1v) is 17.1. The van der Waals surface area contributed by atoms with Crippen molar-refractivity contribution in [2.75, 3.05) is 6.61 Å². The SMILES string of the molecule is CC[C@H](CC[C@@H](C)[C@H]1CC[C@@H]2[C@@H]1CC[C@H]1[C@@]2(C)CC=C2C[C@@H](O[C@@H]3O[C@H](CO)[C@@H](O)[C@H](O)[C@H]3O)CC[C@@]21C)C(C)C. The molecule has 41 heavy (non-hydrogen) atoms. The normalized spacial score (nSPS) is 47.7. The lowest BCUT2D eigenvalue weighted by Gasteiger charge is -2.61. The Balaban J connectivity index is 1.24. The Morgan fingerprint density at radius 2 is 1.73 bits per heavy atom. The van der Waals surface area contributed by atoms with Gasteiger partial charge in [-0.25, -0.2) is 0 Å². The predicted molar refractivity (Wildman–Crippen MR) is 161 cm³/mol. The van der Waals surface area contributed by atoms with Crippen LogP contribution in [0.25, 0.3) is 0 Å². The first kappa shape index (κ1) is 31.9. The second-order valence-electron chi connectivity index (χ2n) is 15.7. The molecule has 1 heterocycles. The van der Waals surface area contributed by atoms with Gasteiger partial charge in [-0.1, -0.05) is 66.0 Å². The second-order valence-corrected chi connectivity index (χ2v) is 15.7. The van der Waals surface area contributed by atoms with E-state index in [1.807, 2.05) is 0 Å². The summed E-state index contributed by atoms with van der Waals surface area (Å²) in [7, 11) is 0. The number of ether oxygens (including phenoxy) is 2. The molecule has 1 aliphatic heterocycles. The molecule has 5 rings (SSSR count). The van der Waals surface area contributed by atoms with E-state index in [-0.39, 0.29) is 11.5 Å². The maximum absolute atomic E-state index is 10.5. The Kier molecular flexibility index (Phi) is 9.71. The van der Waals surface area contributed by atoms with Gasteiger partial charge < -0.3 is 29.9 Å². The molecular weight excluding hydrogens is 516 g/mol. The fourth-order valence-corrected chi connectivity index (χ4v) is 10.8. The largest absolute Gasteiger partial charge is 0.394 e. The van der Waals surface area contributed by atoms with Crippen molar-refractivity contribution in [2.45, 2.75) is 149 Å². The van der Waals surface area contributed by atoms with E-state index in [2.05, 4.69) is 47.6 Å². The molecule has 0 spiro atoms. The van der Waals surface area contributed by atoms with Crippen molar-refractivity contribution < 1.29 is 29.9 Å². The van der Waals surface area contributed by atoms with Crippen LogP contribution in [-0.2, 0) is 9.47 Å². The predicted octanol–water partition coefficient (Wildman–Crippen LogP) is 5.85. The van der Waals surface area contributed by atoms with E-state index in [1.165, 1.54) is 50.5 Å². The summed E-state index contributed by atoms with van der Waals surface area (Å²) in [6, 6.07) is 0. The summed E-state index contributed by atoms with van der Waals surface area (Å²) in [5.41, 5.74) is 2.05. The van der Waals surface area contributed by atoms with Crippen molar-refractivity contribution in [3.63, 3.8) is 0 Å². The van der Waals surface area contributed by atoms with E-state index in [0.717, 1.165) is 61.2 Å². The third kappa shape index (κ3) is 5.73. The molecule has 14 atom stereocenters. The van der Waals surface area contributed by atoms with E-state index < -0.39 is 37.3 Å².